The zero-order valence-corrected chi connectivity index (χ0v) is 25.4. The minimum Gasteiger partial charge on any atom is -0.247 e. The number of hydrogen-bond acceptors (Lipinski definition) is 4. The van der Waals surface area contributed by atoms with Gasteiger partial charge in [0.25, 0.3) is 0 Å². The van der Waals surface area contributed by atoms with Gasteiger partial charge >= 0.3 is 0 Å². The van der Waals surface area contributed by atoms with Crippen molar-refractivity contribution in [2.45, 2.75) is 0 Å². The Labute approximate surface area is 278 Å². The number of nitrogens with zero attached hydrogens (tertiary/aromatic N) is 5. The average Bonchev–Trinajstić information content (AvgIpc) is 3.15. The number of pyridine rings is 1. The Morgan fingerprint density at radius 2 is 1.16 bits per heavy atom. The van der Waals surface area contributed by atoms with Crippen LogP contribution in [0.15, 0.2) is 121 Å². The monoisotopic (exact) mass is 639 g/mol. The van der Waals surface area contributed by atoms with Crippen molar-refractivity contribution in [3.05, 3.63) is 156 Å². The van der Waals surface area contributed by atoms with Crippen molar-refractivity contribution in [3.8, 4) is 51.0 Å². The van der Waals surface area contributed by atoms with E-state index in [0.717, 1.165) is 28.5 Å². The number of halogens is 3. The van der Waals surface area contributed by atoms with E-state index in [4.69, 9.17) is 21.5 Å². The Hall–Kier alpha value is -6.90. The molecule has 2 aromatic heterocycles. The van der Waals surface area contributed by atoms with Gasteiger partial charge in [-0.2, -0.15) is 5.26 Å². The van der Waals surface area contributed by atoms with E-state index in [1.165, 1.54) is 0 Å². The predicted octanol–water partition coefficient (Wildman–Crippen LogP) is 10.8. The standard InChI is InChI=1S/C41H20F3N5/c1-46-28-17-15-26(16-18-28)38-39(25-13-11-23(22-45)12-14-25)49-41-35-29-9-5-6-10-34(29)47-37(24-7-3-2-4-8-24)31(35)21-30(40(41)48-38)27-19-32(42)36(44)33(43)20-27/h2-21H. The Bertz CT molecular complexity index is 2670. The highest BCUT2D eigenvalue weighted by molar-refractivity contribution is 6.23. The topological polar surface area (TPSA) is 66.8 Å². The first kappa shape index (κ1) is 29.5. The maximum absolute atomic E-state index is 14.8. The zero-order chi connectivity index (χ0) is 33.6. The molecule has 49 heavy (non-hydrogen) atoms. The molecule has 0 unspecified atom stereocenters. The molecule has 8 aromatic rings. The highest BCUT2D eigenvalue weighted by Crippen LogP contribution is 2.43. The molecule has 2 heterocycles. The number of fused-ring (bicyclic) bond motifs is 5. The number of rotatable bonds is 4. The Balaban J connectivity index is 1.59. The molecular formula is C41H20F3N5. The molecular weight excluding hydrogens is 619 g/mol. The van der Waals surface area contributed by atoms with Gasteiger partial charge in [-0.1, -0.05) is 84.9 Å². The van der Waals surface area contributed by atoms with Crippen molar-refractivity contribution in [1.29, 1.82) is 5.26 Å². The van der Waals surface area contributed by atoms with Crippen LogP contribution in [0.1, 0.15) is 5.56 Å². The molecule has 0 N–H and O–H groups in total. The largest absolute Gasteiger partial charge is 0.247 e. The van der Waals surface area contributed by atoms with Gasteiger partial charge < -0.3 is 0 Å². The van der Waals surface area contributed by atoms with Gasteiger partial charge in [-0.25, -0.2) is 33.0 Å². The number of benzene rings is 6. The molecule has 0 amide bonds. The van der Waals surface area contributed by atoms with Gasteiger partial charge in [-0.05, 0) is 47.5 Å². The summed E-state index contributed by atoms with van der Waals surface area (Å²) in [7, 11) is 0. The summed E-state index contributed by atoms with van der Waals surface area (Å²) in [6, 6.07) is 36.9. The first-order valence-corrected chi connectivity index (χ1v) is 15.2. The second-order valence-corrected chi connectivity index (χ2v) is 11.4. The smallest absolute Gasteiger partial charge is 0.194 e. The van der Waals surface area contributed by atoms with Crippen LogP contribution in [0.5, 0.6) is 0 Å². The zero-order valence-electron chi connectivity index (χ0n) is 25.4. The second-order valence-electron chi connectivity index (χ2n) is 11.4. The lowest BCUT2D eigenvalue weighted by Gasteiger charge is -2.18. The first-order valence-electron chi connectivity index (χ1n) is 15.2. The average molecular weight is 640 g/mol. The number of nitriles is 1. The van der Waals surface area contributed by atoms with Gasteiger partial charge in [-0.15, -0.1) is 0 Å². The predicted molar refractivity (Wildman–Crippen MR) is 185 cm³/mol. The third-order valence-corrected chi connectivity index (χ3v) is 8.51. The first-order chi connectivity index (χ1) is 23.9. The van der Waals surface area contributed by atoms with E-state index in [1.54, 1.807) is 54.6 Å². The Morgan fingerprint density at radius 3 is 1.82 bits per heavy atom. The molecule has 6 aromatic carbocycles. The Morgan fingerprint density at radius 1 is 0.571 bits per heavy atom. The van der Waals surface area contributed by atoms with Crippen LogP contribution < -0.4 is 0 Å². The molecule has 230 valence electrons. The van der Waals surface area contributed by atoms with Crippen LogP contribution in [0, 0.1) is 35.4 Å². The van der Waals surface area contributed by atoms with Gasteiger partial charge in [-0.3, -0.25) is 0 Å². The fraction of sp³-hybridized carbons (Fsp3) is 0. The Kier molecular flexibility index (Phi) is 7.05. The fourth-order valence-corrected chi connectivity index (χ4v) is 6.18. The molecule has 0 spiro atoms. The maximum Gasteiger partial charge on any atom is 0.194 e. The van der Waals surface area contributed by atoms with Gasteiger partial charge in [0.2, 0.25) is 0 Å². The summed E-state index contributed by atoms with van der Waals surface area (Å²) in [4.78, 5) is 19.0. The summed E-state index contributed by atoms with van der Waals surface area (Å²) in [6.45, 7) is 7.41. The summed E-state index contributed by atoms with van der Waals surface area (Å²) in [6.07, 6.45) is 0. The van der Waals surface area contributed by atoms with Crippen LogP contribution in [0.25, 0.3) is 82.5 Å². The minimum absolute atomic E-state index is 0.0743. The summed E-state index contributed by atoms with van der Waals surface area (Å²) < 4.78 is 44.0. The van der Waals surface area contributed by atoms with Crippen LogP contribution in [0.4, 0.5) is 18.9 Å². The molecule has 0 saturated carbocycles. The summed E-state index contributed by atoms with van der Waals surface area (Å²) in [5.74, 6) is -4.23. The van der Waals surface area contributed by atoms with Crippen LogP contribution >= 0.6 is 0 Å². The third kappa shape index (κ3) is 5.00. The van der Waals surface area contributed by atoms with Crippen molar-refractivity contribution in [3.63, 3.8) is 0 Å². The molecule has 8 rings (SSSR count). The quantitative estimate of drug-likeness (QED) is 0.109. The van der Waals surface area contributed by atoms with Gasteiger partial charge in [0.05, 0.1) is 51.8 Å². The van der Waals surface area contributed by atoms with Gasteiger partial charge in [0, 0.05) is 32.8 Å². The molecule has 5 nitrogen and oxygen atoms in total. The molecule has 0 fully saturated rings. The summed E-state index contributed by atoms with van der Waals surface area (Å²) in [5, 5.41) is 11.6. The van der Waals surface area contributed by atoms with E-state index < -0.39 is 17.5 Å². The van der Waals surface area contributed by atoms with Gasteiger partial charge in [0.15, 0.2) is 23.1 Å². The van der Waals surface area contributed by atoms with Crippen molar-refractivity contribution in [1.82, 2.24) is 15.0 Å². The van der Waals surface area contributed by atoms with E-state index in [1.807, 2.05) is 54.6 Å². The highest BCUT2D eigenvalue weighted by Gasteiger charge is 2.23. The number of aromatic nitrogens is 3. The summed E-state index contributed by atoms with van der Waals surface area (Å²) >= 11 is 0. The lowest BCUT2D eigenvalue weighted by atomic mass is 9.93. The van der Waals surface area contributed by atoms with Gasteiger partial charge in [0.1, 0.15) is 0 Å². The van der Waals surface area contributed by atoms with Crippen molar-refractivity contribution in [2.75, 3.05) is 0 Å². The molecule has 0 radical (unpaired) electrons. The second kappa shape index (κ2) is 11.7. The van der Waals surface area contributed by atoms with E-state index in [0.29, 0.717) is 67.0 Å². The van der Waals surface area contributed by atoms with E-state index in [9.17, 15) is 18.4 Å². The molecule has 0 aliphatic carbocycles. The maximum atomic E-state index is 14.8. The highest BCUT2D eigenvalue weighted by atomic mass is 19.2. The van der Waals surface area contributed by atoms with Crippen LogP contribution in [-0.2, 0) is 0 Å². The van der Waals surface area contributed by atoms with Crippen LogP contribution in [0.3, 0.4) is 0 Å². The van der Waals surface area contributed by atoms with E-state index in [-0.39, 0.29) is 5.56 Å². The molecule has 0 atom stereocenters. The van der Waals surface area contributed by atoms with Crippen molar-refractivity contribution < 1.29 is 13.2 Å². The van der Waals surface area contributed by atoms with Crippen molar-refractivity contribution >= 4 is 38.4 Å². The molecule has 0 saturated heterocycles. The van der Waals surface area contributed by atoms with Crippen LogP contribution in [0.2, 0.25) is 0 Å². The van der Waals surface area contributed by atoms with Crippen molar-refractivity contribution in [2.24, 2.45) is 0 Å². The molecule has 0 bridgehead atoms. The molecule has 8 heteroatoms. The lowest BCUT2D eigenvalue weighted by Crippen LogP contribution is -2.01. The minimum atomic E-state index is -1.57. The molecule has 0 aliphatic rings. The summed E-state index contributed by atoms with van der Waals surface area (Å²) in [5.41, 5.74) is 6.49. The van der Waals surface area contributed by atoms with E-state index in [2.05, 4.69) is 10.9 Å². The van der Waals surface area contributed by atoms with Crippen LogP contribution in [-0.4, -0.2) is 15.0 Å². The number of hydrogen-bond donors (Lipinski definition) is 0. The normalized spacial score (nSPS) is 11.1. The number of para-hydroxylation sites is 1. The third-order valence-electron chi connectivity index (χ3n) is 8.51. The fourth-order valence-electron chi connectivity index (χ4n) is 6.18. The lowest BCUT2D eigenvalue weighted by molar-refractivity contribution is 0.448. The molecule has 0 aliphatic heterocycles. The van der Waals surface area contributed by atoms with E-state index >= 15 is 0 Å². The SMILES string of the molecule is [C-]#[N+]c1ccc(-c2nc3c(-c4cc(F)c(F)c(F)c4)cc4c(-c5ccccc5)nc5ccccc5c4c3nc2-c2ccc(C#N)cc2)cc1.